The molecule has 0 aliphatic rings. The largest absolute Gasteiger partial charge is 0.344 e. The van der Waals surface area contributed by atoms with Crippen molar-refractivity contribution in [1.29, 1.82) is 0 Å². The average molecular weight is 141 g/mol. The zero-order chi connectivity index (χ0) is 0. The standard InChI is InChI=1S/Ge.4H3N/h;4*1H3. The monoisotopic (exact) mass is 142 g/mol. The summed E-state index contributed by atoms with van der Waals surface area (Å²) in [6.45, 7) is 0. The van der Waals surface area contributed by atoms with Crippen molar-refractivity contribution >= 4 is 17.6 Å². The molecule has 12 N–H and O–H groups in total. The van der Waals surface area contributed by atoms with Crippen molar-refractivity contribution in [3.05, 3.63) is 0 Å². The van der Waals surface area contributed by atoms with E-state index in [0.29, 0.717) is 0 Å². The molecule has 0 saturated carbocycles. The molecule has 4 nitrogen and oxygen atoms in total. The molecule has 0 aromatic rings. The van der Waals surface area contributed by atoms with Gasteiger partial charge in [-0.25, -0.2) is 0 Å². The quantitative estimate of drug-likeness (QED) is 0.359. The minimum absolute atomic E-state index is 0. The summed E-state index contributed by atoms with van der Waals surface area (Å²) in [7, 11) is 0. The maximum atomic E-state index is 0. The molecule has 0 aromatic heterocycles. The second kappa shape index (κ2) is 342. The Morgan fingerprint density at radius 2 is 0.400 bits per heavy atom. The Labute approximate surface area is 43.0 Å². The Kier molecular flexibility index (Phi) is 48300. The van der Waals surface area contributed by atoms with Gasteiger partial charge in [-0.2, -0.15) is 0 Å². The van der Waals surface area contributed by atoms with Crippen molar-refractivity contribution in [3.8, 4) is 0 Å². The van der Waals surface area contributed by atoms with Gasteiger partial charge in [-0.15, -0.1) is 0 Å². The fourth-order valence-corrected chi connectivity index (χ4v) is 0. The van der Waals surface area contributed by atoms with Gasteiger partial charge in [0.25, 0.3) is 0 Å². The van der Waals surface area contributed by atoms with Crippen LogP contribution in [0.2, 0.25) is 0 Å². The van der Waals surface area contributed by atoms with Crippen LogP contribution in [0.25, 0.3) is 0 Å². The fourth-order valence-electron chi connectivity index (χ4n) is 0. The minimum Gasteiger partial charge on any atom is -0.344 e. The van der Waals surface area contributed by atoms with Crippen LogP contribution >= 0.6 is 0 Å². The zero-order valence-corrected chi connectivity index (χ0v) is 5.43. The van der Waals surface area contributed by atoms with Crippen molar-refractivity contribution in [2.24, 2.45) is 0 Å². The van der Waals surface area contributed by atoms with E-state index in [4.69, 9.17) is 0 Å². The summed E-state index contributed by atoms with van der Waals surface area (Å²) in [6, 6.07) is 0. The first-order valence-corrected chi connectivity index (χ1v) is 0. The predicted molar refractivity (Wildman–Crippen MR) is 25.8 cm³/mol. The molecule has 5 heteroatoms. The van der Waals surface area contributed by atoms with Crippen LogP contribution in [0, 0.1) is 0 Å². The van der Waals surface area contributed by atoms with Crippen LogP contribution in [0.4, 0.5) is 0 Å². The molecule has 0 fully saturated rings. The fraction of sp³-hybridized carbons (Fsp3) is 0. The van der Waals surface area contributed by atoms with Gasteiger partial charge in [0.05, 0.1) is 0 Å². The predicted octanol–water partition coefficient (Wildman–Crippen LogP) is 0.267. The van der Waals surface area contributed by atoms with E-state index in [2.05, 4.69) is 0 Å². The molecule has 0 aliphatic carbocycles. The first-order chi connectivity index (χ1) is 0. The van der Waals surface area contributed by atoms with Crippen LogP contribution in [-0.2, 0) is 0 Å². The Morgan fingerprint density at radius 3 is 0.400 bits per heavy atom. The van der Waals surface area contributed by atoms with Gasteiger partial charge in [0.15, 0.2) is 0 Å². The molecule has 4 radical (unpaired) electrons. The second-order valence-electron chi connectivity index (χ2n) is 0. The summed E-state index contributed by atoms with van der Waals surface area (Å²) in [5.74, 6) is 0. The third-order valence-electron chi connectivity index (χ3n) is 0. The Hall–Kier alpha value is 0.383. The van der Waals surface area contributed by atoms with Gasteiger partial charge in [0.2, 0.25) is 0 Å². The molecular formula is H12GeN4. The number of hydrogen-bond donors (Lipinski definition) is 4. The molecule has 5 heavy (non-hydrogen) atoms. The molecule has 0 heterocycles. The van der Waals surface area contributed by atoms with Gasteiger partial charge in [0.1, 0.15) is 0 Å². The number of hydrogen-bond acceptors (Lipinski definition) is 4. The molecule has 0 unspecified atom stereocenters. The van der Waals surface area contributed by atoms with Gasteiger partial charge in [-0.1, -0.05) is 0 Å². The average Bonchev–Trinajstić information content (AvgIpc) is 0. The van der Waals surface area contributed by atoms with Crippen molar-refractivity contribution in [2.75, 3.05) is 0 Å². The second-order valence-corrected chi connectivity index (χ2v) is 0. The maximum Gasteiger partial charge on any atom is 0 e. The van der Waals surface area contributed by atoms with Gasteiger partial charge < -0.3 is 24.6 Å². The smallest absolute Gasteiger partial charge is 0 e. The van der Waals surface area contributed by atoms with E-state index in [1.165, 1.54) is 0 Å². The first kappa shape index (κ1) is 705. The third-order valence-corrected chi connectivity index (χ3v) is 0. The number of rotatable bonds is 0. The summed E-state index contributed by atoms with van der Waals surface area (Å²) in [5, 5.41) is 0. The minimum atomic E-state index is 0. The van der Waals surface area contributed by atoms with E-state index >= 15 is 0 Å². The molecule has 0 atom stereocenters. The molecule has 0 bridgehead atoms. The van der Waals surface area contributed by atoms with Crippen LogP contribution in [0.5, 0.6) is 0 Å². The van der Waals surface area contributed by atoms with E-state index in [-0.39, 0.29) is 42.2 Å². The van der Waals surface area contributed by atoms with Crippen molar-refractivity contribution in [3.63, 3.8) is 0 Å². The Bertz CT molecular complexity index is 3.61. The summed E-state index contributed by atoms with van der Waals surface area (Å²) >= 11 is 0. The van der Waals surface area contributed by atoms with Crippen LogP contribution in [0.3, 0.4) is 0 Å². The van der Waals surface area contributed by atoms with Crippen LogP contribution in [-0.4, -0.2) is 17.6 Å². The summed E-state index contributed by atoms with van der Waals surface area (Å²) < 4.78 is 0. The maximum absolute atomic E-state index is 0. The Balaban J connectivity index is 0. The van der Waals surface area contributed by atoms with Gasteiger partial charge in [-0.05, 0) is 0 Å². The van der Waals surface area contributed by atoms with E-state index in [1.807, 2.05) is 0 Å². The SMILES string of the molecule is N.N.N.N.[Ge]. The molecular weight excluding hydrogens is 129 g/mol. The molecule has 0 spiro atoms. The normalized spacial score (nSPS) is 0. The van der Waals surface area contributed by atoms with Gasteiger partial charge >= 0.3 is 0 Å². The molecule has 0 saturated heterocycles. The van der Waals surface area contributed by atoms with Gasteiger partial charge in [-0.3, -0.25) is 0 Å². The van der Waals surface area contributed by atoms with E-state index < -0.39 is 0 Å². The van der Waals surface area contributed by atoms with E-state index in [1.54, 1.807) is 0 Å². The van der Waals surface area contributed by atoms with Crippen molar-refractivity contribution in [2.45, 2.75) is 0 Å². The zero-order valence-electron chi connectivity index (χ0n) is 3.33. The summed E-state index contributed by atoms with van der Waals surface area (Å²) in [5.41, 5.74) is 0. The first-order valence-electron chi connectivity index (χ1n) is 0. The van der Waals surface area contributed by atoms with E-state index in [9.17, 15) is 0 Å². The molecule has 36 valence electrons. The molecule has 0 rings (SSSR count). The molecule has 0 aromatic carbocycles. The summed E-state index contributed by atoms with van der Waals surface area (Å²) in [4.78, 5) is 0. The van der Waals surface area contributed by atoms with Crippen LogP contribution in [0.1, 0.15) is 0 Å². The van der Waals surface area contributed by atoms with E-state index in [0.717, 1.165) is 0 Å². The van der Waals surface area contributed by atoms with Crippen LogP contribution < -0.4 is 24.6 Å². The summed E-state index contributed by atoms with van der Waals surface area (Å²) in [6.07, 6.45) is 0. The molecule has 0 amide bonds. The third kappa shape index (κ3) is 170. The van der Waals surface area contributed by atoms with Crippen molar-refractivity contribution in [1.82, 2.24) is 24.6 Å². The topological polar surface area (TPSA) is 140 Å². The molecule has 0 aliphatic heterocycles. The van der Waals surface area contributed by atoms with Gasteiger partial charge in [0, 0.05) is 17.6 Å². The Morgan fingerprint density at radius 1 is 0.400 bits per heavy atom. The van der Waals surface area contributed by atoms with Crippen LogP contribution in [0.15, 0.2) is 0 Å². The van der Waals surface area contributed by atoms with Crippen molar-refractivity contribution < 1.29 is 0 Å².